The third-order valence-electron chi connectivity index (χ3n) is 4.75. The molecule has 0 spiro atoms. The van der Waals surface area contributed by atoms with E-state index in [9.17, 15) is 20.2 Å². The summed E-state index contributed by atoms with van der Waals surface area (Å²) in [5, 5.41) is 23.3. The van der Waals surface area contributed by atoms with Gasteiger partial charge in [-0.3, -0.25) is 14.9 Å². The zero-order valence-corrected chi connectivity index (χ0v) is 18.5. The number of anilines is 1. The Bertz CT molecular complexity index is 1270. The molecule has 0 atom stereocenters. The normalized spacial score (nSPS) is 10.7. The van der Waals surface area contributed by atoms with Gasteiger partial charge in [0, 0.05) is 0 Å². The van der Waals surface area contributed by atoms with Gasteiger partial charge >= 0.3 is 0 Å². The van der Waals surface area contributed by atoms with Crippen molar-refractivity contribution in [2.45, 2.75) is 6.61 Å². The van der Waals surface area contributed by atoms with E-state index in [1.807, 2.05) is 36.4 Å². The summed E-state index contributed by atoms with van der Waals surface area (Å²) in [6.07, 6.45) is 1.36. The highest BCUT2D eigenvalue weighted by atomic mass is 16.6. The van der Waals surface area contributed by atoms with Crippen molar-refractivity contribution in [3.8, 4) is 23.3 Å². The van der Waals surface area contributed by atoms with Crippen LogP contribution in [0, 0.1) is 21.4 Å². The maximum atomic E-state index is 12.7. The van der Waals surface area contributed by atoms with Gasteiger partial charge in [-0.25, -0.2) is 0 Å². The average Bonchev–Trinajstić information content (AvgIpc) is 2.86. The van der Waals surface area contributed by atoms with Crippen molar-refractivity contribution in [1.82, 2.24) is 0 Å². The predicted octanol–water partition coefficient (Wildman–Crippen LogP) is 4.74. The molecule has 9 heteroatoms. The fourth-order valence-electron chi connectivity index (χ4n) is 3.03. The molecule has 0 saturated heterocycles. The first kappa shape index (κ1) is 23.8. The number of carbonyl (C=O) groups is 1. The van der Waals surface area contributed by atoms with E-state index in [4.69, 9.17) is 14.2 Å². The van der Waals surface area contributed by atoms with Crippen molar-refractivity contribution in [3.05, 3.63) is 93.5 Å². The lowest BCUT2D eigenvalue weighted by Crippen LogP contribution is -2.14. The number of methoxy groups -OCH3 is 2. The molecule has 34 heavy (non-hydrogen) atoms. The molecule has 3 aromatic rings. The molecule has 0 radical (unpaired) electrons. The molecule has 3 aromatic carbocycles. The number of hydrogen-bond acceptors (Lipinski definition) is 7. The number of benzene rings is 3. The Morgan fingerprint density at radius 3 is 2.47 bits per heavy atom. The summed E-state index contributed by atoms with van der Waals surface area (Å²) in [6, 6.07) is 20.3. The SMILES string of the molecule is COc1ccc(NC(=O)/C(C#N)=C/c2ccc(OC)c(OCc3ccccc3)c2)c([N+](=O)[O-])c1. The maximum Gasteiger partial charge on any atom is 0.296 e. The van der Waals surface area contributed by atoms with Crippen molar-refractivity contribution < 1.29 is 23.9 Å². The van der Waals surface area contributed by atoms with Gasteiger partial charge in [0.2, 0.25) is 0 Å². The minimum Gasteiger partial charge on any atom is -0.496 e. The Balaban J connectivity index is 1.84. The monoisotopic (exact) mass is 459 g/mol. The van der Waals surface area contributed by atoms with Crippen LogP contribution >= 0.6 is 0 Å². The van der Waals surface area contributed by atoms with Gasteiger partial charge in [-0.2, -0.15) is 5.26 Å². The number of nitro groups is 1. The fourth-order valence-corrected chi connectivity index (χ4v) is 3.03. The molecule has 0 aliphatic rings. The number of amides is 1. The summed E-state index contributed by atoms with van der Waals surface area (Å²) in [4.78, 5) is 23.4. The number of nitrogens with zero attached hydrogens (tertiary/aromatic N) is 2. The van der Waals surface area contributed by atoms with Gasteiger partial charge in [0.1, 0.15) is 29.7 Å². The number of ether oxygens (including phenoxy) is 3. The van der Waals surface area contributed by atoms with Gasteiger partial charge in [-0.15, -0.1) is 0 Å². The van der Waals surface area contributed by atoms with Crippen LogP contribution in [0.15, 0.2) is 72.3 Å². The van der Waals surface area contributed by atoms with Crippen molar-refractivity contribution in [1.29, 1.82) is 5.26 Å². The first-order chi connectivity index (χ1) is 16.4. The topological polar surface area (TPSA) is 124 Å². The highest BCUT2D eigenvalue weighted by molar-refractivity contribution is 6.10. The van der Waals surface area contributed by atoms with Crippen molar-refractivity contribution in [3.63, 3.8) is 0 Å². The van der Waals surface area contributed by atoms with Crippen LogP contribution in [0.1, 0.15) is 11.1 Å². The van der Waals surface area contributed by atoms with Gasteiger partial charge in [0.05, 0.1) is 25.2 Å². The van der Waals surface area contributed by atoms with E-state index in [0.717, 1.165) is 5.56 Å². The second kappa shape index (κ2) is 11.2. The van der Waals surface area contributed by atoms with Crippen LogP contribution in [0.25, 0.3) is 6.08 Å². The standard InChI is InChI=1S/C25H21N3O6/c1-32-20-9-10-21(22(14-20)28(30)31)27-25(29)19(15-26)12-18-8-11-23(33-2)24(13-18)34-16-17-6-4-3-5-7-17/h3-14H,16H2,1-2H3,(H,27,29)/b19-12+. The molecule has 3 rings (SSSR count). The molecule has 9 nitrogen and oxygen atoms in total. The summed E-state index contributed by atoms with van der Waals surface area (Å²) in [7, 11) is 2.89. The van der Waals surface area contributed by atoms with Gasteiger partial charge in [0.25, 0.3) is 11.6 Å². The second-order valence-electron chi connectivity index (χ2n) is 6.95. The fraction of sp³-hybridized carbons (Fsp3) is 0.120. The number of rotatable bonds is 9. The molecule has 0 bridgehead atoms. The van der Waals surface area contributed by atoms with E-state index in [1.54, 1.807) is 18.2 Å². The quantitative estimate of drug-likeness (QED) is 0.212. The van der Waals surface area contributed by atoms with Crippen LogP contribution in [0.3, 0.4) is 0 Å². The molecule has 0 aliphatic heterocycles. The average molecular weight is 459 g/mol. The lowest BCUT2D eigenvalue weighted by atomic mass is 10.1. The maximum absolute atomic E-state index is 12.7. The van der Waals surface area contributed by atoms with Crippen LogP contribution in [0.4, 0.5) is 11.4 Å². The first-order valence-electron chi connectivity index (χ1n) is 10.1. The molecular weight excluding hydrogens is 438 g/mol. The zero-order chi connectivity index (χ0) is 24.5. The summed E-state index contributed by atoms with van der Waals surface area (Å²) >= 11 is 0. The van der Waals surface area contributed by atoms with Gasteiger partial charge in [0.15, 0.2) is 11.5 Å². The molecule has 0 fully saturated rings. The van der Waals surface area contributed by atoms with Crippen LogP contribution < -0.4 is 19.5 Å². The van der Waals surface area contributed by atoms with Crippen LogP contribution in [0.2, 0.25) is 0 Å². The lowest BCUT2D eigenvalue weighted by molar-refractivity contribution is -0.384. The third kappa shape index (κ3) is 5.89. The van der Waals surface area contributed by atoms with Crippen molar-refractivity contribution >= 4 is 23.4 Å². The lowest BCUT2D eigenvalue weighted by Gasteiger charge is -2.12. The third-order valence-corrected chi connectivity index (χ3v) is 4.75. The Morgan fingerprint density at radius 2 is 1.82 bits per heavy atom. The molecule has 0 heterocycles. The minimum atomic E-state index is -0.793. The van der Waals surface area contributed by atoms with E-state index in [2.05, 4.69) is 5.32 Å². The number of nitro benzene ring substituents is 1. The van der Waals surface area contributed by atoms with E-state index in [-0.39, 0.29) is 22.7 Å². The molecule has 172 valence electrons. The molecule has 0 aliphatic carbocycles. The van der Waals surface area contributed by atoms with Crippen molar-refractivity contribution in [2.75, 3.05) is 19.5 Å². The van der Waals surface area contributed by atoms with E-state index in [0.29, 0.717) is 23.7 Å². The summed E-state index contributed by atoms with van der Waals surface area (Å²) in [5.74, 6) is 0.397. The van der Waals surface area contributed by atoms with Crippen molar-refractivity contribution in [2.24, 2.45) is 0 Å². The molecular formula is C25H21N3O6. The van der Waals surface area contributed by atoms with Gasteiger partial charge < -0.3 is 19.5 Å². The van der Waals surface area contributed by atoms with E-state index >= 15 is 0 Å². The number of nitrogens with one attached hydrogen (secondary N) is 1. The minimum absolute atomic E-state index is 0.0569. The summed E-state index contributed by atoms with van der Waals surface area (Å²) < 4.78 is 16.2. The Hall–Kier alpha value is -4.84. The number of nitriles is 1. The predicted molar refractivity (Wildman–Crippen MR) is 126 cm³/mol. The van der Waals surface area contributed by atoms with E-state index < -0.39 is 10.8 Å². The van der Waals surface area contributed by atoms with E-state index in [1.165, 1.54) is 38.5 Å². The molecule has 0 unspecified atom stereocenters. The Kier molecular flexibility index (Phi) is 7.81. The smallest absolute Gasteiger partial charge is 0.296 e. The number of carbonyl (C=O) groups excluding carboxylic acids is 1. The summed E-state index contributed by atoms with van der Waals surface area (Å²) in [6.45, 7) is 0.303. The summed E-state index contributed by atoms with van der Waals surface area (Å²) in [5.41, 5.74) is 0.817. The highest BCUT2D eigenvalue weighted by Crippen LogP contribution is 2.31. The molecule has 1 amide bonds. The molecule has 1 N–H and O–H groups in total. The van der Waals surface area contributed by atoms with Crippen LogP contribution in [-0.2, 0) is 11.4 Å². The Labute approximate surface area is 196 Å². The number of hydrogen-bond donors (Lipinski definition) is 1. The second-order valence-corrected chi connectivity index (χ2v) is 6.95. The molecule has 0 saturated carbocycles. The Morgan fingerprint density at radius 1 is 1.06 bits per heavy atom. The first-order valence-corrected chi connectivity index (χ1v) is 10.1. The largest absolute Gasteiger partial charge is 0.496 e. The van der Waals surface area contributed by atoms with Gasteiger partial charge in [-0.1, -0.05) is 36.4 Å². The van der Waals surface area contributed by atoms with Crippen LogP contribution in [0.5, 0.6) is 17.2 Å². The molecule has 0 aromatic heterocycles. The highest BCUT2D eigenvalue weighted by Gasteiger charge is 2.19. The van der Waals surface area contributed by atoms with Gasteiger partial charge in [-0.05, 0) is 41.5 Å². The van der Waals surface area contributed by atoms with Crippen LogP contribution in [-0.4, -0.2) is 25.1 Å². The zero-order valence-electron chi connectivity index (χ0n) is 18.5.